The van der Waals surface area contributed by atoms with Crippen LogP contribution in [0.5, 0.6) is 0 Å². The van der Waals surface area contributed by atoms with E-state index in [2.05, 4.69) is 44.3 Å². The van der Waals surface area contributed by atoms with Crippen LogP contribution in [0.1, 0.15) is 46.9 Å². The summed E-state index contributed by atoms with van der Waals surface area (Å²) in [5.41, 5.74) is 2.95. The molecule has 2 heterocycles. The van der Waals surface area contributed by atoms with Gasteiger partial charge in [0.2, 0.25) is 5.91 Å². The van der Waals surface area contributed by atoms with Crippen LogP contribution in [0.2, 0.25) is 0 Å². The van der Waals surface area contributed by atoms with Crippen molar-refractivity contribution in [1.29, 1.82) is 5.26 Å². The first kappa shape index (κ1) is 20.5. The number of benzene rings is 1. The number of morpholine rings is 1. The Morgan fingerprint density at radius 2 is 2.07 bits per heavy atom. The van der Waals surface area contributed by atoms with Crippen molar-refractivity contribution in [1.82, 2.24) is 4.90 Å². The smallest absolute Gasteiger partial charge is 0.239 e. The number of nitrogens with one attached hydrogen (secondary N) is 1. The number of amides is 1. The van der Waals surface area contributed by atoms with Crippen molar-refractivity contribution in [2.45, 2.75) is 38.2 Å². The summed E-state index contributed by atoms with van der Waals surface area (Å²) in [6.45, 7) is 2.32. The number of anilines is 1. The molecule has 0 radical (unpaired) electrons. The minimum absolute atomic E-state index is 0.0304. The van der Waals surface area contributed by atoms with E-state index in [0.717, 1.165) is 52.8 Å². The van der Waals surface area contributed by atoms with E-state index in [-0.39, 0.29) is 12.0 Å². The highest BCUT2D eigenvalue weighted by Crippen LogP contribution is 2.37. The third-order valence-corrected chi connectivity index (χ3v) is 7.28. The molecule has 1 aliphatic heterocycles. The fraction of sp³-hybridized carbons (Fsp3) is 0.455. The number of halogens is 1. The Balaban J connectivity index is 1.40. The zero-order valence-corrected chi connectivity index (χ0v) is 18.7. The predicted octanol–water partition coefficient (Wildman–Crippen LogP) is 4.66. The molecule has 1 fully saturated rings. The largest absolute Gasteiger partial charge is 0.371 e. The highest BCUT2D eigenvalue weighted by molar-refractivity contribution is 9.10. The summed E-state index contributed by atoms with van der Waals surface area (Å²) in [6.07, 6.45) is 5.43. The summed E-state index contributed by atoms with van der Waals surface area (Å²) >= 11 is 5.04. The van der Waals surface area contributed by atoms with Gasteiger partial charge in [-0.25, -0.2) is 0 Å². The molecule has 1 unspecified atom stereocenters. The standard InChI is InChI=1S/C22H24BrN3O2S/c23-16-8-6-15(7-9-16)19-13-26(10-11-28-19)14-21(27)25-22-18(12-24)17-4-2-1-3-5-20(17)29-22/h6-9,19H,1-5,10-11,13-14H2,(H,25,27). The van der Waals surface area contributed by atoms with Gasteiger partial charge in [-0.3, -0.25) is 9.69 Å². The first-order valence-electron chi connectivity index (χ1n) is 10.1. The van der Waals surface area contributed by atoms with Crippen molar-refractivity contribution >= 4 is 38.2 Å². The summed E-state index contributed by atoms with van der Waals surface area (Å²) < 4.78 is 6.95. The van der Waals surface area contributed by atoms with E-state index in [0.29, 0.717) is 25.3 Å². The van der Waals surface area contributed by atoms with Gasteiger partial charge in [0.15, 0.2) is 0 Å². The molecule has 0 spiro atoms. The lowest BCUT2D eigenvalue weighted by Crippen LogP contribution is -2.42. The van der Waals surface area contributed by atoms with Crippen LogP contribution in [0.25, 0.3) is 0 Å². The molecule has 1 atom stereocenters. The molecule has 4 rings (SSSR count). The molecule has 1 aromatic heterocycles. The number of nitriles is 1. The van der Waals surface area contributed by atoms with E-state index < -0.39 is 0 Å². The van der Waals surface area contributed by atoms with Crippen LogP contribution in [-0.2, 0) is 22.4 Å². The second kappa shape index (κ2) is 9.40. The predicted molar refractivity (Wildman–Crippen MR) is 118 cm³/mol. The number of fused-ring (bicyclic) bond motifs is 1. The lowest BCUT2D eigenvalue weighted by Gasteiger charge is -2.32. The lowest BCUT2D eigenvalue weighted by molar-refractivity contribution is -0.119. The van der Waals surface area contributed by atoms with Gasteiger partial charge in [-0.05, 0) is 48.9 Å². The Morgan fingerprint density at radius 3 is 2.86 bits per heavy atom. The summed E-state index contributed by atoms with van der Waals surface area (Å²) in [5.74, 6) is -0.0608. The number of thiophene rings is 1. The molecule has 152 valence electrons. The molecule has 1 aliphatic carbocycles. The van der Waals surface area contributed by atoms with Crippen LogP contribution in [0.15, 0.2) is 28.7 Å². The minimum atomic E-state index is -0.0608. The van der Waals surface area contributed by atoms with Crippen LogP contribution in [0, 0.1) is 11.3 Å². The Kier molecular flexibility index (Phi) is 6.66. The number of hydrogen-bond donors (Lipinski definition) is 1. The molecule has 0 saturated carbocycles. The molecule has 1 aromatic carbocycles. The number of carbonyl (C=O) groups excluding carboxylic acids is 1. The summed E-state index contributed by atoms with van der Waals surface area (Å²) in [6, 6.07) is 10.5. The molecule has 1 amide bonds. The normalized spacial score (nSPS) is 19.8. The molecule has 2 aromatic rings. The summed E-state index contributed by atoms with van der Waals surface area (Å²) in [7, 11) is 0. The van der Waals surface area contributed by atoms with Crippen molar-refractivity contribution in [3.8, 4) is 6.07 Å². The molecular weight excluding hydrogens is 450 g/mol. The monoisotopic (exact) mass is 473 g/mol. The maximum atomic E-state index is 12.7. The third kappa shape index (κ3) is 4.89. The van der Waals surface area contributed by atoms with Crippen LogP contribution in [-0.4, -0.2) is 37.0 Å². The van der Waals surface area contributed by atoms with Crippen LogP contribution < -0.4 is 5.32 Å². The molecule has 29 heavy (non-hydrogen) atoms. The molecule has 0 bridgehead atoms. The maximum absolute atomic E-state index is 12.7. The second-order valence-corrected chi connectivity index (χ2v) is 9.60. The molecule has 1 saturated heterocycles. The van der Waals surface area contributed by atoms with Crippen molar-refractivity contribution in [3.63, 3.8) is 0 Å². The zero-order chi connectivity index (χ0) is 20.2. The van der Waals surface area contributed by atoms with E-state index in [9.17, 15) is 10.1 Å². The van der Waals surface area contributed by atoms with Crippen molar-refractivity contribution in [3.05, 3.63) is 50.3 Å². The molecule has 5 nitrogen and oxygen atoms in total. The fourth-order valence-electron chi connectivity index (χ4n) is 4.04. The van der Waals surface area contributed by atoms with E-state index >= 15 is 0 Å². The Bertz CT molecular complexity index is 919. The van der Waals surface area contributed by atoms with Gasteiger partial charge in [0, 0.05) is 22.4 Å². The van der Waals surface area contributed by atoms with Gasteiger partial charge < -0.3 is 10.1 Å². The molecule has 7 heteroatoms. The SMILES string of the molecule is N#Cc1c(NC(=O)CN2CCOC(c3ccc(Br)cc3)C2)sc2c1CCCCC2. The lowest BCUT2D eigenvalue weighted by atomic mass is 10.1. The average Bonchev–Trinajstić information content (AvgIpc) is 2.87. The molecule has 2 aliphatic rings. The van der Waals surface area contributed by atoms with Gasteiger partial charge in [-0.15, -0.1) is 11.3 Å². The molecule has 1 N–H and O–H groups in total. The Labute approximate surface area is 183 Å². The Hall–Kier alpha value is -1.72. The van der Waals surface area contributed by atoms with Crippen LogP contribution in [0.4, 0.5) is 5.00 Å². The highest BCUT2D eigenvalue weighted by Gasteiger charge is 2.25. The van der Waals surface area contributed by atoms with Gasteiger partial charge in [0.05, 0.1) is 24.8 Å². The number of rotatable bonds is 4. The fourth-order valence-corrected chi connectivity index (χ4v) is 5.56. The van der Waals surface area contributed by atoms with E-state index in [1.54, 1.807) is 11.3 Å². The second-order valence-electron chi connectivity index (χ2n) is 7.57. The van der Waals surface area contributed by atoms with Crippen molar-refractivity contribution < 1.29 is 9.53 Å². The first-order chi connectivity index (χ1) is 14.1. The van der Waals surface area contributed by atoms with Crippen LogP contribution >= 0.6 is 27.3 Å². The minimum Gasteiger partial charge on any atom is -0.371 e. The van der Waals surface area contributed by atoms with Gasteiger partial charge >= 0.3 is 0 Å². The summed E-state index contributed by atoms with van der Waals surface area (Å²) in [5, 5.41) is 13.4. The van der Waals surface area contributed by atoms with E-state index in [1.807, 2.05) is 12.1 Å². The number of nitrogens with zero attached hydrogens (tertiary/aromatic N) is 2. The number of ether oxygens (including phenoxy) is 1. The summed E-state index contributed by atoms with van der Waals surface area (Å²) in [4.78, 5) is 16.1. The van der Waals surface area contributed by atoms with Crippen LogP contribution in [0.3, 0.4) is 0 Å². The Morgan fingerprint density at radius 1 is 1.28 bits per heavy atom. The van der Waals surface area contributed by atoms with E-state index in [4.69, 9.17) is 4.74 Å². The third-order valence-electron chi connectivity index (χ3n) is 5.55. The van der Waals surface area contributed by atoms with Crippen molar-refractivity contribution in [2.24, 2.45) is 0 Å². The number of hydrogen-bond acceptors (Lipinski definition) is 5. The van der Waals surface area contributed by atoms with Gasteiger partial charge in [0.1, 0.15) is 11.1 Å². The first-order valence-corrected chi connectivity index (χ1v) is 11.7. The topological polar surface area (TPSA) is 65.4 Å². The number of aryl methyl sites for hydroxylation is 1. The number of carbonyl (C=O) groups is 1. The van der Waals surface area contributed by atoms with Gasteiger partial charge in [0.25, 0.3) is 0 Å². The van der Waals surface area contributed by atoms with Crippen molar-refractivity contribution in [2.75, 3.05) is 31.6 Å². The quantitative estimate of drug-likeness (QED) is 0.655. The molecular formula is C22H24BrN3O2S. The van der Waals surface area contributed by atoms with Gasteiger partial charge in [-0.1, -0.05) is 34.5 Å². The maximum Gasteiger partial charge on any atom is 0.239 e. The average molecular weight is 474 g/mol. The highest BCUT2D eigenvalue weighted by atomic mass is 79.9. The van der Waals surface area contributed by atoms with Gasteiger partial charge in [-0.2, -0.15) is 5.26 Å². The zero-order valence-electron chi connectivity index (χ0n) is 16.2. The van der Waals surface area contributed by atoms with E-state index in [1.165, 1.54) is 11.3 Å².